The fourth-order valence-electron chi connectivity index (χ4n) is 3.80. The van der Waals surface area contributed by atoms with Crippen LogP contribution in [0, 0.1) is 0 Å². The zero-order valence-electron chi connectivity index (χ0n) is 19.2. The number of hydrogen-bond acceptors (Lipinski definition) is 8. The molecule has 1 aromatic heterocycles. The molecule has 2 aromatic carbocycles. The molecule has 10 heteroatoms. The summed E-state index contributed by atoms with van der Waals surface area (Å²) >= 11 is 1.40. The van der Waals surface area contributed by atoms with Crippen molar-refractivity contribution in [3.05, 3.63) is 53.4 Å². The fourth-order valence-corrected chi connectivity index (χ4v) is 6.03. The minimum absolute atomic E-state index is 0.306. The number of rotatable bonds is 8. The topological polar surface area (TPSA) is 93.1 Å². The maximum absolute atomic E-state index is 13.2. The molecule has 1 aliphatic heterocycles. The van der Waals surface area contributed by atoms with Crippen LogP contribution in [0.5, 0.6) is 11.5 Å². The highest BCUT2D eigenvalue weighted by molar-refractivity contribution is 7.89. The third kappa shape index (κ3) is 5.57. The molecule has 180 valence electrons. The Kier molecular flexibility index (Phi) is 7.81. The molecule has 0 radical (unpaired) electrons. The number of nitrogens with zero attached hydrogens (tertiary/aromatic N) is 3. The van der Waals surface area contributed by atoms with Crippen LogP contribution in [0.4, 0.5) is 5.13 Å². The Morgan fingerprint density at radius 2 is 1.79 bits per heavy atom. The lowest BCUT2D eigenvalue weighted by atomic mass is 10.2. The van der Waals surface area contributed by atoms with Crippen LogP contribution in [0.1, 0.15) is 31.2 Å². The van der Waals surface area contributed by atoms with E-state index in [1.54, 1.807) is 42.9 Å². The van der Waals surface area contributed by atoms with Crippen molar-refractivity contribution < 1.29 is 17.9 Å². The molecule has 34 heavy (non-hydrogen) atoms. The van der Waals surface area contributed by atoms with Gasteiger partial charge in [0.25, 0.3) is 0 Å². The van der Waals surface area contributed by atoms with E-state index in [-0.39, 0.29) is 0 Å². The normalized spacial score (nSPS) is 15.2. The summed E-state index contributed by atoms with van der Waals surface area (Å²) in [5.41, 5.74) is 5.22. The number of ether oxygens (including phenoxy) is 2. The number of hydrazone groups is 1. The molecular weight excluding hydrogens is 472 g/mol. The van der Waals surface area contributed by atoms with Gasteiger partial charge in [-0.1, -0.05) is 25.0 Å². The molecule has 4 rings (SSSR count). The van der Waals surface area contributed by atoms with Gasteiger partial charge in [0.15, 0.2) is 11.5 Å². The van der Waals surface area contributed by atoms with Crippen molar-refractivity contribution >= 4 is 32.7 Å². The largest absolute Gasteiger partial charge is 0.493 e. The Morgan fingerprint density at radius 1 is 1.03 bits per heavy atom. The van der Waals surface area contributed by atoms with Crippen molar-refractivity contribution in [3.63, 3.8) is 0 Å². The lowest BCUT2D eigenvalue weighted by Crippen LogP contribution is -2.31. The molecule has 0 saturated carbocycles. The van der Waals surface area contributed by atoms with Crippen molar-refractivity contribution in [3.8, 4) is 22.8 Å². The van der Waals surface area contributed by atoms with Gasteiger partial charge in [-0.15, -0.1) is 11.3 Å². The average molecular weight is 501 g/mol. The molecule has 1 N–H and O–H groups in total. The van der Waals surface area contributed by atoms with Crippen molar-refractivity contribution in [2.24, 2.45) is 5.10 Å². The Morgan fingerprint density at radius 3 is 2.53 bits per heavy atom. The van der Waals surface area contributed by atoms with Gasteiger partial charge in [-0.05, 0) is 48.7 Å². The maximum Gasteiger partial charge on any atom is 0.243 e. The Hall–Kier alpha value is -2.95. The molecule has 3 aromatic rings. The number of benzene rings is 2. The van der Waals surface area contributed by atoms with Crippen LogP contribution in [-0.4, -0.2) is 51.2 Å². The van der Waals surface area contributed by atoms with Crippen LogP contribution >= 0.6 is 11.3 Å². The first-order chi connectivity index (χ1) is 16.5. The molecule has 8 nitrogen and oxygen atoms in total. The Labute approximate surface area is 204 Å². The first-order valence-electron chi connectivity index (χ1n) is 11.1. The van der Waals surface area contributed by atoms with E-state index >= 15 is 0 Å². The molecule has 2 heterocycles. The minimum atomic E-state index is -3.51. The van der Waals surface area contributed by atoms with Crippen molar-refractivity contribution in [1.82, 2.24) is 9.29 Å². The summed E-state index contributed by atoms with van der Waals surface area (Å²) in [6, 6.07) is 12.5. The highest BCUT2D eigenvalue weighted by atomic mass is 32.2. The number of aromatic nitrogens is 1. The van der Waals surface area contributed by atoms with Crippen LogP contribution in [0.3, 0.4) is 0 Å². The van der Waals surface area contributed by atoms with Gasteiger partial charge in [0, 0.05) is 24.0 Å². The third-order valence-corrected chi connectivity index (χ3v) is 8.26. The molecule has 0 spiro atoms. The van der Waals surface area contributed by atoms with Gasteiger partial charge >= 0.3 is 0 Å². The summed E-state index contributed by atoms with van der Waals surface area (Å²) in [6.07, 6.45) is 5.63. The number of methoxy groups -OCH3 is 2. The number of anilines is 1. The van der Waals surface area contributed by atoms with Crippen LogP contribution in [-0.2, 0) is 10.0 Å². The zero-order chi connectivity index (χ0) is 24.0. The Bertz CT molecular complexity index is 1250. The van der Waals surface area contributed by atoms with E-state index in [2.05, 4.69) is 15.5 Å². The van der Waals surface area contributed by atoms with E-state index in [0.29, 0.717) is 40.3 Å². The van der Waals surface area contributed by atoms with Gasteiger partial charge in [-0.25, -0.2) is 13.4 Å². The molecule has 0 amide bonds. The lowest BCUT2D eigenvalue weighted by Gasteiger charge is -2.20. The van der Waals surface area contributed by atoms with Gasteiger partial charge in [-0.2, -0.15) is 9.41 Å². The van der Waals surface area contributed by atoms with E-state index < -0.39 is 10.0 Å². The van der Waals surface area contributed by atoms with Gasteiger partial charge in [0.1, 0.15) is 0 Å². The summed E-state index contributed by atoms with van der Waals surface area (Å²) in [6.45, 7) is 1.16. The third-order valence-electron chi connectivity index (χ3n) is 5.62. The second kappa shape index (κ2) is 11.0. The molecule has 0 bridgehead atoms. The van der Waals surface area contributed by atoms with Crippen molar-refractivity contribution in [2.75, 3.05) is 32.7 Å². The summed E-state index contributed by atoms with van der Waals surface area (Å²) in [7, 11) is -0.338. The van der Waals surface area contributed by atoms with Gasteiger partial charge < -0.3 is 9.47 Å². The summed E-state index contributed by atoms with van der Waals surface area (Å²) in [5, 5.41) is 6.74. The number of thiazole rings is 1. The predicted molar refractivity (Wildman–Crippen MR) is 136 cm³/mol. The monoisotopic (exact) mass is 500 g/mol. The summed E-state index contributed by atoms with van der Waals surface area (Å²) in [4.78, 5) is 4.87. The highest BCUT2D eigenvalue weighted by Crippen LogP contribution is 2.29. The predicted octanol–water partition coefficient (Wildman–Crippen LogP) is 4.84. The van der Waals surface area contributed by atoms with E-state index in [1.165, 1.54) is 11.3 Å². The lowest BCUT2D eigenvalue weighted by molar-refractivity contribution is 0.355. The van der Waals surface area contributed by atoms with E-state index in [9.17, 15) is 8.42 Å². The highest BCUT2D eigenvalue weighted by Gasteiger charge is 2.25. The summed E-state index contributed by atoms with van der Waals surface area (Å²) < 4.78 is 38.5. The number of nitrogens with one attached hydrogen (secondary N) is 1. The molecule has 0 atom stereocenters. The van der Waals surface area contributed by atoms with E-state index in [0.717, 1.165) is 36.8 Å². The maximum atomic E-state index is 13.2. The first kappa shape index (κ1) is 24.2. The van der Waals surface area contributed by atoms with Gasteiger partial charge in [0.2, 0.25) is 15.2 Å². The molecule has 0 unspecified atom stereocenters. The van der Waals surface area contributed by atoms with Crippen LogP contribution < -0.4 is 14.9 Å². The quantitative estimate of drug-likeness (QED) is 0.352. The molecule has 1 fully saturated rings. The van der Waals surface area contributed by atoms with Crippen molar-refractivity contribution in [1.29, 1.82) is 0 Å². The average Bonchev–Trinajstić information content (AvgIpc) is 3.15. The fraction of sp³-hybridized carbons (Fsp3) is 0.333. The number of sulfonamides is 1. The zero-order valence-corrected chi connectivity index (χ0v) is 20.9. The second-order valence-corrected chi connectivity index (χ2v) is 10.7. The van der Waals surface area contributed by atoms with Crippen LogP contribution in [0.2, 0.25) is 0 Å². The first-order valence-corrected chi connectivity index (χ1v) is 13.4. The van der Waals surface area contributed by atoms with E-state index in [1.807, 2.05) is 29.6 Å². The van der Waals surface area contributed by atoms with Crippen molar-refractivity contribution in [2.45, 2.75) is 30.6 Å². The molecule has 1 saturated heterocycles. The van der Waals surface area contributed by atoms with E-state index in [4.69, 9.17) is 9.47 Å². The molecule has 0 aliphatic carbocycles. The smallest absolute Gasteiger partial charge is 0.243 e. The van der Waals surface area contributed by atoms with Crippen LogP contribution in [0.15, 0.2) is 57.8 Å². The summed E-state index contributed by atoms with van der Waals surface area (Å²) in [5.74, 6) is 1.27. The molecule has 1 aliphatic rings. The standard InChI is InChI=1S/C24H28N4O4S2/c1-31-22-11-10-18(14-23(22)32-2)16-25-27-24-26-21(17-33-24)19-8-7-9-20(15-19)34(29,30)28-12-5-3-4-6-13-28/h7-11,14-17H,3-6,12-13H2,1-2H3,(H,26,27)/b25-16+. The number of hydrogen-bond donors (Lipinski definition) is 1. The van der Waals surface area contributed by atoms with Gasteiger partial charge in [0.05, 0.1) is 31.0 Å². The van der Waals surface area contributed by atoms with Crippen LogP contribution in [0.25, 0.3) is 11.3 Å². The van der Waals surface area contributed by atoms with Gasteiger partial charge in [-0.3, -0.25) is 5.43 Å². The molecular formula is C24H28N4O4S2. The Balaban J connectivity index is 1.46. The minimum Gasteiger partial charge on any atom is -0.493 e. The second-order valence-electron chi connectivity index (χ2n) is 7.87. The SMILES string of the molecule is COc1ccc(/C=N/Nc2nc(-c3cccc(S(=O)(=O)N4CCCCCC4)c3)cs2)cc1OC.